The molecule has 0 saturated carbocycles. The topological polar surface area (TPSA) is 55.1 Å². The lowest BCUT2D eigenvalue weighted by Crippen LogP contribution is -2.36. The minimum Gasteiger partial charge on any atom is -0.343 e. The molecule has 0 aliphatic heterocycles. The number of nitrogens with one attached hydrogen (secondary N) is 1. The van der Waals surface area contributed by atoms with Gasteiger partial charge < -0.3 is 11.1 Å². The highest BCUT2D eigenvalue weighted by atomic mass is 79.9. The van der Waals surface area contributed by atoms with E-state index in [9.17, 15) is 4.79 Å². The Bertz CT molecular complexity index is 910. The van der Waals surface area contributed by atoms with Crippen molar-refractivity contribution >= 4 is 53.7 Å². The molecule has 6 heteroatoms. The largest absolute Gasteiger partial charge is 0.343 e. The number of benzene rings is 3. The molecule has 0 bridgehead atoms. The van der Waals surface area contributed by atoms with Crippen molar-refractivity contribution in [2.24, 2.45) is 5.73 Å². The lowest BCUT2D eigenvalue weighted by molar-refractivity contribution is 0.0930. The summed E-state index contributed by atoms with van der Waals surface area (Å²) in [6, 6.07) is 22.2. The first-order chi connectivity index (χ1) is 12.9. The number of nitrogens with two attached hydrogens (primary N) is 1. The average Bonchev–Trinajstić information content (AvgIpc) is 2.67. The number of rotatable bonds is 5. The fourth-order valence-corrected chi connectivity index (χ4v) is 3.55. The Morgan fingerprint density at radius 3 is 1.59 bits per heavy atom. The van der Waals surface area contributed by atoms with Gasteiger partial charge >= 0.3 is 0 Å². The molecule has 0 radical (unpaired) electrons. The van der Waals surface area contributed by atoms with Crippen molar-refractivity contribution in [3.63, 3.8) is 0 Å². The third kappa shape index (κ3) is 5.29. The number of carbonyl (C=O) groups is 1. The highest BCUT2D eigenvalue weighted by Gasteiger charge is 2.24. The van der Waals surface area contributed by atoms with Crippen LogP contribution in [0.3, 0.4) is 0 Å². The maximum Gasteiger partial charge on any atom is 0.251 e. The smallest absolute Gasteiger partial charge is 0.251 e. The summed E-state index contributed by atoms with van der Waals surface area (Å²) < 4.78 is 2.88. The van der Waals surface area contributed by atoms with Crippen LogP contribution in [-0.2, 0) is 0 Å². The van der Waals surface area contributed by atoms with E-state index < -0.39 is 6.04 Å². The van der Waals surface area contributed by atoms with Crippen molar-refractivity contribution in [3.8, 4) is 0 Å². The summed E-state index contributed by atoms with van der Waals surface area (Å²) in [4.78, 5) is 12.8. The van der Waals surface area contributed by atoms with Crippen LogP contribution in [-0.4, -0.2) is 5.91 Å². The van der Waals surface area contributed by atoms with Crippen LogP contribution < -0.4 is 11.1 Å². The molecule has 3 N–H and O–H groups in total. The molecular formula is C21H17Br3N2O. The van der Waals surface area contributed by atoms with E-state index in [4.69, 9.17) is 5.73 Å². The molecule has 0 spiro atoms. The van der Waals surface area contributed by atoms with Crippen LogP contribution >= 0.6 is 47.8 Å². The lowest BCUT2D eigenvalue weighted by Gasteiger charge is -2.26. The molecule has 0 unspecified atom stereocenters. The van der Waals surface area contributed by atoms with E-state index >= 15 is 0 Å². The molecule has 0 heterocycles. The average molecular weight is 553 g/mol. The van der Waals surface area contributed by atoms with Crippen LogP contribution in [0.5, 0.6) is 0 Å². The molecule has 0 aliphatic carbocycles. The second kappa shape index (κ2) is 9.15. The molecule has 1 amide bonds. The van der Waals surface area contributed by atoms with Crippen molar-refractivity contribution in [1.82, 2.24) is 5.32 Å². The van der Waals surface area contributed by atoms with Crippen molar-refractivity contribution < 1.29 is 4.79 Å². The predicted octanol–water partition coefficient (Wildman–Crippen LogP) is 6.15. The Kier molecular flexibility index (Phi) is 6.87. The first-order valence-electron chi connectivity index (χ1n) is 8.27. The summed E-state index contributed by atoms with van der Waals surface area (Å²) in [6.07, 6.45) is 0. The summed E-state index contributed by atoms with van der Waals surface area (Å²) in [6.45, 7) is 0. The molecule has 0 aromatic heterocycles. The van der Waals surface area contributed by atoms with Gasteiger partial charge in [-0.2, -0.15) is 0 Å². The normalized spacial score (nSPS) is 13.0. The van der Waals surface area contributed by atoms with Gasteiger partial charge in [0.1, 0.15) is 0 Å². The molecule has 2 atom stereocenters. The zero-order valence-electron chi connectivity index (χ0n) is 14.2. The second-order valence-electron chi connectivity index (χ2n) is 6.09. The molecule has 0 aliphatic rings. The van der Waals surface area contributed by atoms with E-state index in [0.29, 0.717) is 5.56 Å². The standard InChI is InChI=1S/C21H17Br3N2O/c22-16-7-1-13(2-8-16)19(25)20(14-3-9-17(23)10-4-14)26-21(27)15-5-11-18(24)12-6-15/h1-12,19-20H,25H2,(H,26,27)/t19-,20+/m1/s1. The van der Waals surface area contributed by atoms with Gasteiger partial charge in [-0.25, -0.2) is 0 Å². The molecule has 27 heavy (non-hydrogen) atoms. The third-order valence-corrected chi connectivity index (χ3v) is 5.82. The molecule has 138 valence electrons. The van der Waals surface area contributed by atoms with E-state index in [1.807, 2.05) is 60.7 Å². The van der Waals surface area contributed by atoms with Gasteiger partial charge in [-0.15, -0.1) is 0 Å². The Labute approximate surface area is 183 Å². The van der Waals surface area contributed by atoms with Crippen LogP contribution in [0.15, 0.2) is 86.2 Å². The van der Waals surface area contributed by atoms with Crippen LogP contribution in [0, 0.1) is 0 Å². The lowest BCUT2D eigenvalue weighted by atomic mass is 9.93. The van der Waals surface area contributed by atoms with Gasteiger partial charge in [0, 0.05) is 19.0 Å². The molecule has 0 fully saturated rings. The monoisotopic (exact) mass is 550 g/mol. The van der Waals surface area contributed by atoms with Gasteiger partial charge in [0.2, 0.25) is 0 Å². The van der Waals surface area contributed by atoms with Crippen molar-refractivity contribution in [2.75, 3.05) is 0 Å². The molecule has 0 saturated heterocycles. The van der Waals surface area contributed by atoms with Crippen LogP contribution in [0.1, 0.15) is 33.6 Å². The summed E-state index contributed by atoms with van der Waals surface area (Å²) in [5.41, 5.74) is 9.04. The Balaban J connectivity index is 1.91. The number of carbonyl (C=O) groups excluding carboxylic acids is 1. The molecular weight excluding hydrogens is 536 g/mol. The number of hydrogen-bond donors (Lipinski definition) is 2. The highest BCUT2D eigenvalue weighted by molar-refractivity contribution is 9.11. The number of hydrogen-bond acceptors (Lipinski definition) is 2. The second-order valence-corrected chi connectivity index (χ2v) is 8.83. The highest BCUT2D eigenvalue weighted by Crippen LogP contribution is 2.29. The zero-order valence-corrected chi connectivity index (χ0v) is 19.0. The van der Waals surface area contributed by atoms with Crippen molar-refractivity contribution in [2.45, 2.75) is 12.1 Å². The van der Waals surface area contributed by atoms with E-state index in [0.717, 1.165) is 24.5 Å². The number of amides is 1. The first-order valence-corrected chi connectivity index (χ1v) is 10.6. The van der Waals surface area contributed by atoms with E-state index in [1.165, 1.54) is 0 Å². The maximum absolute atomic E-state index is 12.8. The molecule has 3 aromatic rings. The minimum atomic E-state index is -0.390. The van der Waals surface area contributed by atoms with Gasteiger partial charge in [0.05, 0.1) is 12.1 Å². The Morgan fingerprint density at radius 2 is 1.11 bits per heavy atom. The molecule has 3 aromatic carbocycles. The van der Waals surface area contributed by atoms with Crippen LogP contribution in [0.4, 0.5) is 0 Å². The molecule has 3 nitrogen and oxygen atoms in total. The predicted molar refractivity (Wildman–Crippen MR) is 120 cm³/mol. The van der Waals surface area contributed by atoms with Crippen LogP contribution in [0.2, 0.25) is 0 Å². The summed E-state index contributed by atoms with van der Waals surface area (Å²) >= 11 is 10.3. The van der Waals surface area contributed by atoms with Gasteiger partial charge in [0.15, 0.2) is 0 Å². The number of halogens is 3. The van der Waals surface area contributed by atoms with E-state index in [1.54, 1.807) is 12.1 Å². The summed E-state index contributed by atoms with van der Waals surface area (Å²) in [5, 5.41) is 3.10. The quantitative estimate of drug-likeness (QED) is 0.399. The van der Waals surface area contributed by atoms with E-state index in [2.05, 4.69) is 53.1 Å². The minimum absolute atomic E-state index is 0.164. The summed E-state index contributed by atoms with van der Waals surface area (Å²) in [5.74, 6) is -0.164. The zero-order chi connectivity index (χ0) is 19.4. The van der Waals surface area contributed by atoms with Crippen molar-refractivity contribution in [1.29, 1.82) is 0 Å². The van der Waals surface area contributed by atoms with Crippen LogP contribution in [0.25, 0.3) is 0 Å². The first kappa shape index (κ1) is 20.3. The van der Waals surface area contributed by atoms with Gasteiger partial charge in [-0.3, -0.25) is 4.79 Å². The fraction of sp³-hybridized carbons (Fsp3) is 0.0952. The Hall–Kier alpha value is -1.47. The van der Waals surface area contributed by atoms with E-state index in [-0.39, 0.29) is 11.9 Å². The maximum atomic E-state index is 12.8. The van der Waals surface area contributed by atoms with Gasteiger partial charge in [-0.05, 0) is 59.7 Å². The molecule has 3 rings (SSSR count). The Morgan fingerprint density at radius 1 is 0.704 bits per heavy atom. The third-order valence-electron chi connectivity index (χ3n) is 4.24. The van der Waals surface area contributed by atoms with Gasteiger partial charge in [-0.1, -0.05) is 72.1 Å². The summed E-state index contributed by atoms with van der Waals surface area (Å²) in [7, 11) is 0. The van der Waals surface area contributed by atoms with Gasteiger partial charge in [0.25, 0.3) is 5.91 Å². The SMILES string of the molecule is N[C@H](c1ccc(Br)cc1)[C@@H](NC(=O)c1ccc(Br)cc1)c1ccc(Br)cc1. The van der Waals surface area contributed by atoms with Crippen molar-refractivity contribution in [3.05, 3.63) is 103 Å². The fourth-order valence-electron chi connectivity index (χ4n) is 2.75.